The number of fused-ring (bicyclic) bond motifs is 1. The minimum Gasteiger partial charge on any atom is -0.508 e. The van der Waals surface area contributed by atoms with Crippen molar-refractivity contribution in [2.45, 2.75) is 46.6 Å². The highest BCUT2D eigenvalue weighted by Crippen LogP contribution is 2.37. The highest BCUT2D eigenvalue weighted by atomic mass is 16.5. The van der Waals surface area contributed by atoms with Crippen molar-refractivity contribution in [1.29, 1.82) is 0 Å². The zero-order valence-electron chi connectivity index (χ0n) is 18.1. The Labute approximate surface area is 177 Å². The van der Waals surface area contributed by atoms with E-state index in [2.05, 4.69) is 28.5 Å². The van der Waals surface area contributed by atoms with Gasteiger partial charge in [0, 0.05) is 28.9 Å². The van der Waals surface area contributed by atoms with Crippen LogP contribution in [0.15, 0.2) is 36.4 Å². The maximum atomic E-state index is 13.0. The molecule has 0 unspecified atom stereocenters. The number of hydrogen-bond donors (Lipinski definition) is 1. The summed E-state index contributed by atoms with van der Waals surface area (Å²) in [6, 6.07) is 11.9. The van der Waals surface area contributed by atoms with E-state index in [-0.39, 0.29) is 11.7 Å². The first kappa shape index (κ1) is 20.5. The van der Waals surface area contributed by atoms with Gasteiger partial charge in [-0.25, -0.2) is 4.79 Å². The largest absolute Gasteiger partial charge is 0.508 e. The number of phenolic OH excluding ortho intramolecular Hbond substituents is 1. The molecule has 1 saturated heterocycles. The second kappa shape index (κ2) is 8.52. The molecular weight excluding hydrogens is 376 g/mol. The number of carbonyl (C=O) groups excluding carboxylic acids is 1. The summed E-state index contributed by atoms with van der Waals surface area (Å²) >= 11 is 0. The fraction of sp³-hybridized carbons (Fsp3) is 0.400. The van der Waals surface area contributed by atoms with Gasteiger partial charge in [0.05, 0.1) is 17.7 Å². The van der Waals surface area contributed by atoms with Crippen LogP contribution < -0.4 is 0 Å². The first-order valence-corrected chi connectivity index (χ1v) is 10.8. The van der Waals surface area contributed by atoms with E-state index in [1.165, 1.54) is 19.3 Å². The molecule has 3 aromatic rings. The summed E-state index contributed by atoms with van der Waals surface area (Å²) in [5, 5.41) is 11.6. The number of aryl methyl sites for hydroxylation is 1. The van der Waals surface area contributed by atoms with Crippen LogP contribution in [-0.2, 0) is 11.3 Å². The Balaban J connectivity index is 1.96. The molecule has 30 heavy (non-hydrogen) atoms. The van der Waals surface area contributed by atoms with Gasteiger partial charge in [-0.3, -0.25) is 4.90 Å². The van der Waals surface area contributed by atoms with Gasteiger partial charge < -0.3 is 14.4 Å². The van der Waals surface area contributed by atoms with E-state index in [0.717, 1.165) is 46.5 Å². The fourth-order valence-corrected chi connectivity index (χ4v) is 4.62. The summed E-state index contributed by atoms with van der Waals surface area (Å²) < 4.78 is 7.53. The molecule has 2 heterocycles. The standard InChI is InChI=1S/C25H30N2O3/c1-4-30-25(29)23-18(3)27(19-10-8-9-17(2)15-19)21-11-12-22(28)20(24(21)23)16-26-13-6-5-7-14-26/h8-12,15,28H,4-7,13-14,16H2,1-3H3. The van der Waals surface area contributed by atoms with Gasteiger partial charge in [0.15, 0.2) is 0 Å². The number of nitrogens with zero attached hydrogens (tertiary/aromatic N) is 2. The number of rotatable bonds is 5. The summed E-state index contributed by atoms with van der Waals surface area (Å²) in [5.41, 5.74) is 5.27. The molecule has 1 aromatic heterocycles. The van der Waals surface area contributed by atoms with Crippen molar-refractivity contribution in [2.24, 2.45) is 0 Å². The maximum Gasteiger partial charge on any atom is 0.340 e. The predicted molar refractivity (Wildman–Crippen MR) is 119 cm³/mol. The van der Waals surface area contributed by atoms with Crippen LogP contribution in [0.3, 0.4) is 0 Å². The third-order valence-electron chi connectivity index (χ3n) is 6.02. The van der Waals surface area contributed by atoms with Crippen molar-refractivity contribution < 1.29 is 14.6 Å². The number of aromatic hydroxyl groups is 1. The fourth-order valence-electron chi connectivity index (χ4n) is 4.62. The number of piperidine rings is 1. The number of aromatic nitrogens is 1. The van der Waals surface area contributed by atoms with Gasteiger partial charge in [-0.1, -0.05) is 18.6 Å². The molecule has 0 radical (unpaired) electrons. The van der Waals surface area contributed by atoms with Crippen molar-refractivity contribution in [3.63, 3.8) is 0 Å². The lowest BCUT2D eigenvalue weighted by atomic mass is 10.0. The Morgan fingerprint density at radius 1 is 1.10 bits per heavy atom. The van der Waals surface area contributed by atoms with Crippen LogP contribution in [-0.4, -0.2) is 40.2 Å². The Morgan fingerprint density at radius 3 is 2.57 bits per heavy atom. The molecule has 2 aromatic carbocycles. The van der Waals surface area contributed by atoms with E-state index >= 15 is 0 Å². The second-order valence-corrected chi connectivity index (χ2v) is 8.15. The summed E-state index contributed by atoms with van der Waals surface area (Å²) in [6.07, 6.45) is 3.60. The molecule has 0 aliphatic carbocycles. The molecule has 158 valence electrons. The molecule has 4 rings (SSSR count). The summed E-state index contributed by atoms with van der Waals surface area (Å²) in [7, 11) is 0. The monoisotopic (exact) mass is 406 g/mol. The number of hydrogen-bond acceptors (Lipinski definition) is 4. The highest BCUT2D eigenvalue weighted by molar-refractivity contribution is 6.08. The number of benzene rings is 2. The molecular formula is C25H30N2O3. The van der Waals surface area contributed by atoms with Crippen LogP contribution in [0.1, 0.15) is 53.4 Å². The molecule has 0 atom stereocenters. The van der Waals surface area contributed by atoms with E-state index in [9.17, 15) is 9.90 Å². The van der Waals surface area contributed by atoms with Crippen LogP contribution in [0.5, 0.6) is 5.75 Å². The van der Waals surface area contributed by atoms with Gasteiger partial charge >= 0.3 is 5.97 Å². The summed E-state index contributed by atoms with van der Waals surface area (Å²) in [5.74, 6) is -0.100. The Morgan fingerprint density at radius 2 is 1.87 bits per heavy atom. The Bertz CT molecular complexity index is 1080. The lowest BCUT2D eigenvalue weighted by Crippen LogP contribution is -2.29. The minimum absolute atomic E-state index is 0.236. The van der Waals surface area contributed by atoms with Crippen LogP contribution in [0.2, 0.25) is 0 Å². The first-order chi connectivity index (χ1) is 14.5. The average molecular weight is 407 g/mol. The molecule has 1 fully saturated rings. The molecule has 1 N–H and O–H groups in total. The van der Waals surface area contributed by atoms with Gasteiger partial charge in [0.2, 0.25) is 0 Å². The smallest absolute Gasteiger partial charge is 0.340 e. The molecule has 1 aliphatic rings. The molecule has 0 amide bonds. The topological polar surface area (TPSA) is 54.7 Å². The number of carbonyl (C=O) groups is 1. The zero-order chi connectivity index (χ0) is 21.3. The van der Waals surface area contributed by atoms with Gasteiger partial charge in [0.1, 0.15) is 5.75 Å². The number of ether oxygens (including phenoxy) is 1. The molecule has 0 saturated carbocycles. The molecule has 1 aliphatic heterocycles. The van der Waals surface area contributed by atoms with E-state index in [4.69, 9.17) is 4.74 Å². The normalized spacial score (nSPS) is 14.9. The van der Waals surface area contributed by atoms with Crippen LogP contribution in [0.25, 0.3) is 16.6 Å². The molecule has 0 bridgehead atoms. The van der Waals surface area contributed by atoms with Crippen LogP contribution in [0.4, 0.5) is 0 Å². The highest BCUT2D eigenvalue weighted by Gasteiger charge is 2.26. The van der Waals surface area contributed by atoms with Gasteiger partial charge in [-0.15, -0.1) is 0 Å². The average Bonchev–Trinajstić information content (AvgIpc) is 3.03. The van der Waals surface area contributed by atoms with E-state index in [1.54, 1.807) is 6.07 Å². The number of esters is 1. The Hall–Kier alpha value is -2.79. The van der Waals surface area contributed by atoms with E-state index in [1.807, 2.05) is 32.0 Å². The lowest BCUT2D eigenvalue weighted by molar-refractivity contribution is 0.0527. The van der Waals surface area contributed by atoms with Crippen molar-refractivity contribution in [2.75, 3.05) is 19.7 Å². The predicted octanol–water partition coefficient (Wildman–Crippen LogP) is 5.12. The van der Waals surface area contributed by atoms with Crippen LogP contribution >= 0.6 is 0 Å². The van der Waals surface area contributed by atoms with Crippen molar-refractivity contribution >= 4 is 16.9 Å². The first-order valence-electron chi connectivity index (χ1n) is 10.8. The van der Waals surface area contributed by atoms with Gasteiger partial charge in [-0.05, 0) is 76.5 Å². The minimum atomic E-state index is -0.336. The zero-order valence-corrected chi connectivity index (χ0v) is 18.1. The molecule has 5 nitrogen and oxygen atoms in total. The summed E-state index contributed by atoms with van der Waals surface area (Å²) in [6.45, 7) is 8.81. The quantitative estimate of drug-likeness (QED) is 0.598. The van der Waals surface area contributed by atoms with E-state index < -0.39 is 0 Å². The molecule has 0 spiro atoms. The van der Waals surface area contributed by atoms with E-state index in [0.29, 0.717) is 18.7 Å². The maximum absolute atomic E-state index is 13.0. The Kier molecular flexibility index (Phi) is 5.82. The number of likely N-dealkylation sites (tertiary alicyclic amines) is 1. The number of phenols is 1. The van der Waals surface area contributed by atoms with Gasteiger partial charge in [0.25, 0.3) is 0 Å². The third-order valence-corrected chi connectivity index (χ3v) is 6.02. The van der Waals surface area contributed by atoms with Gasteiger partial charge in [-0.2, -0.15) is 0 Å². The lowest BCUT2D eigenvalue weighted by Gasteiger charge is -2.27. The van der Waals surface area contributed by atoms with Crippen molar-refractivity contribution in [3.05, 3.63) is 58.8 Å². The second-order valence-electron chi connectivity index (χ2n) is 8.15. The third kappa shape index (κ3) is 3.70. The van der Waals surface area contributed by atoms with Crippen LogP contribution in [0, 0.1) is 13.8 Å². The SMILES string of the molecule is CCOC(=O)c1c(C)n(-c2cccc(C)c2)c2ccc(O)c(CN3CCCCC3)c12. The van der Waals surface area contributed by atoms with Crippen molar-refractivity contribution in [3.8, 4) is 11.4 Å². The molecule has 5 heteroatoms. The van der Waals surface area contributed by atoms with Crippen molar-refractivity contribution in [1.82, 2.24) is 9.47 Å². The summed E-state index contributed by atoms with van der Waals surface area (Å²) in [4.78, 5) is 15.4.